The molecule has 3 heterocycles. The van der Waals surface area contributed by atoms with Gasteiger partial charge in [-0.2, -0.15) is 13.2 Å². The third-order valence-electron chi connectivity index (χ3n) is 7.51. The van der Waals surface area contributed by atoms with E-state index in [0.29, 0.717) is 42.5 Å². The van der Waals surface area contributed by atoms with Crippen molar-refractivity contribution in [1.29, 1.82) is 0 Å². The van der Waals surface area contributed by atoms with Gasteiger partial charge in [0, 0.05) is 36.8 Å². The third-order valence-corrected chi connectivity index (χ3v) is 7.87. The summed E-state index contributed by atoms with van der Waals surface area (Å²) in [5, 5.41) is 3.16. The molecule has 1 aromatic carbocycles. The molecule has 1 N–H and O–H groups in total. The monoisotopic (exact) mass is 657 g/mol. The van der Waals surface area contributed by atoms with E-state index in [9.17, 15) is 22.8 Å². The average Bonchev–Trinajstić information content (AvgIpc) is 3.34. The summed E-state index contributed by atoms with van der Waals surface area (Å²) in [6.45, 7) is 12.5. The number of aryl methyl sites for hydroxylation is 1. The zero-order valence-corrected chi connectivity index (χ0v) is 27.2. The largest absolute Gasteiger partial charge is 0.444 e. The first-order valence-electron chi connectivity index (χ1n) is 15.1. The summed E-state index contributed by atoms with van der Waals surface area (Å²) in [6, 6.07) is 9.66. The molecule has 0 bridgehead atoms. The summed E-state index contributed by atoms with van der Waals surface area (Å²) >= 11 is 6.83. The molecule has 2 amide bonds. The number of imidazole rings is 1. The molecule has 1 saturated heterocycles. The predicted molar refractivity (Wildman–Crippen MR) is 173 cm³/mol. The van der Waals surface area contributed by atoms with Gasteiger partial charge in [0.15, 0.2) is 0 Å². The maximum Gasteiger partial charge on any atom is 0.433 e. The lowest BCUT2D eigenvalue weighted by Crippen LogP contribution is -2.42. The minimum Gasteiger partial charge on any atom is -0.444 e. The molecule has 0 unspecified atom stereocenters. The van der Waals surface area contributed by atoms with Gasteiger partial charge in [0.2, 0.25) is 0 Å². The number of alkyl halides is 3. The van der Waals surface area contributed by atoms with E-state index in [1.54, 1.807) is 23.1 Å². The summed E-state index contributed by atoms with van der Waals surface area (Å²) in [7, 11) is 0. The Kier molecular flexibility index (Phi) is 11.0. The van der Waals surface area contributed by atoms with Gasteiger partial charge in [0.1, 0.15) is 17.1 Å². The van der Waals surface area contributed by atoms with Gasteiger partial charge < -0.3 is 19.5 Å². The van der Waals surface area contributed by atoms with Crippen LogP contribution < -0.4 is 5.32 Å². The number of piperidine rings is 1. The van der Waals surface area contributed by atoms with Gasteiger partial charge in [0.05, 0.1) is 22.3 Å². The van der Waals surface area contributed by atoms with Crippen LogP contribution in [0.25, 0.3) is 16.6 Å². The quantitative estimate of drug-likeness (QED) is 0.187. The van der Waals surface area contributed by atoms with Crippen molar-refractivity contribution in [3.8, 4) is 0 Å². The van der Waals surface area contributed by atoms with Crippen LogP contribution in [0.15, 0.2) is 66.2 Å². The van der Waals surface area contributed by atoms with Crippen LogP contribution in [0.5, 0.6) is 0 Å². The molecule has 12 heteroatoms. The predicted octanol–water partition coefficient (Wildman–Crippen LogP) is 7.92. The lowest BCUT2D eigenvalue weighted by atomic mass is 9.96. The lowest BCUT2D eigenvalue weighted by molar-refractivity contribution is -0.141. The number of para-hydroxylation sites is 2. The Morgan fingerprint density at radius 1 is 1.09 bits per heavy atom. The van der Waals surface area contributed by atoms with E-state index in [0.717, 1.165) is 36.0 Å². The molecular weight excluding hydrogens is 619 g/mol. The number of halogens is 4. The number of carbonyl (C=O) groups is 2. The first-order chi connectivity index (χ1) is 21.7. The number of benzene rings is 1. The van der Waals surface area contributed by atoms with Crippen LogP contribution in [0, 0.1) is 12.8 Å². The second-order valence-corrected chi connectivity index (χ2v) is 12.6. The average molecular weight is 658 g/mol. The van der Waals surface area contributed by atoms with Crippen LogP contribution in [0.4, 0.5) is 18.0 Å². The first-order valence-corrected chi connectivity index (χ1v) is 15.5. The number of fused-ring (bicyclic) bond motifs is 1. The minimum atomic E-state index is -4.60. The summed E-state index contributed by atoms with van der Waals surface area (Å²) in [4.78, 5) is 35.8. The molecule has 1 aliphatic rings. The molecule has 1 aliphatic heterocycles. The van der Waals surface area contributed by atoms with Crippen LogP contribution in [0.2, 0.25) is 0 Å². The van der Waals surface area contributed by atoms with Crippen molar-refractivity contribution in [2.45, 2.75) is 65.3 Å². The first kappa shape index (κ1) is 34.7. The smallest absolute Gasteiger partial charge is 0.433 e. The fourth-order valence-corrected chi connectivity index (χ4v) is 5.49. The number of carbonyl (C=O) groups excluding carboxylic acids is 2. The molecule has 2 aromatic heterocycles. The van der Waals surface area contributed by atoms with Gasteiger partial charge >= 0.3 is 12.3 Å². The highest BCUT2D eigenvalue weighted by molar-refractivity contribution is 6.36. The van der Waals surface area contributed by atoms with Gasteiger partial charge in [-0.15, -0.1) is 6.58 Å². The number of nitrogens with zero attached hydrogens (tertiary/aromatic N) is 4. The second kappa shape index (κ2) is 14.5. The molecule has 46 heavy (non-hydrogen) atoms. The van der Waals surface area contributed by atoms with Crippen molar-refractivity contribution < 1.29 is 27.5 Å². The molecule has 0 spiro atoms. The van der Waals surface area contributed by atoms with Crippen molar-refractivity contribution in [3.05, 3.63) is 89.0 Å². The summed E-state index contributed by atoms with van der Waals surface area (Å²) in [5.74, 6) is 0.301. The fraction of sp³-hybridized carbons (Fsp3) is 0.412. The highest BCUT2D eigenvalue weighted by atomic mass is 35.5. The van der Waals surface area contributed by atoms with E-state index in [2.05, 4.69) is 21.4 Å². The van der Waals surface area contributed by atoms with E-state index in [1.165, 1.54) is 6.92 Å². The number of pyridine rings is 1. The van der Waals surface area contributed by atoms with Crippen molar-refractivity contribution in [3.63, 3.8) is 0 Å². The Labute approximate surface area is 272 Å². The van der Waals surface area contributed by atoms with Crippen molar-refractivity contribution in [2.75, 3.05) is 19.6 Å². The molecule has 1 fully saturated rings. The van der Waals surface area contributed by atoms with Gasteiger partial charge in [-0.25, -0.2) is 14.8 Å². The minimum absolute atomic E-state index is 0.0278. The molecule has 0 atom stereocenters. The molecule has 3 aromatic rings. The van der Waals surface area contributed by atoms with Gasteiger partial charge in [0.25, 0.3) is 5.91 Å². The molecule has 0 radical (unpaired) electrons. The molecule has 4 rings (SSSR count). The summed E-state index contributed by atoms with van der Waals surface area (Å²) in [6.07, 6.45) is 2.40. The van der Waals surface area contributed by atoms with Crippen LogP contribution in [0.1, 0.15) is 67.6 Å². The standard InChI is InChI=1S/C34H39ClF3N5O3/c1-6-7-10-26(35)25(15-18-39-31(44)24-13-14-29(34(36,37)38)40-22(24)2)30-41-27-11-8-9-12-28(27)43(30)21-23-16-19-42(20-17-23)32(45)46-33(3,4)5/h6,8-15,23H,1,7,16-21H2,2-5H3,(H,39,44)/b25-15+,26-10+. The van der Waals surface area contributed by atoms with E-state index < -0.39 is 23.4 Å². The van der Waals surface area contributed by atoms with Gasteiger partial charge in [-0.1, -0.05) is 42.0 Å². The highest BCUT2D eigenvalue weighted by Crippen LogP contribution is 2.32. The lowest BCUT2D eigenvalue weighted by Gasteiger charge is -2.33. The number of allylic oxidation sites excluding steroid dienone is 4. The third kappa shape index (κ3) is 8.78. The molecule has 0 saturated carbocycles. The van der Waals surface area contributed by atoms with Gasteiger partial charge in [-0.05, 0) is 77.1 Å². The Bertz CT molecular complexity index is 1650. The van der Waals surface area contributed by atoms with E-state index in [4.69, 9.17) is 21.3 Å². The number of amides is 2. The Morgan fingerprint density at radius 2 is 1.78 bits per heavy atom. The maximum absolute atomic E-state index is 13.1. The van der Waals surface area contributed by atoms with Crippen LogP contribution in [-0.4, -0.2) is 56.7 Å². The maximum atomic E-state index is 13.1. The number of hydrogen-bond acceptors (Lipinski definition) is 5. The van der Waals surface area contributed by atoms with Crippen LogP contribution in [0.3, 0.4) is 0 Å². The number of rotatable bonds is 9. The van der Waals surface area contributed by atoms with E-state index in [1.807, 2.05) is 45.0 Å². The molecule has 8 nitrogen and oxygen atoms in total. The van der Waals surface area contributed by atoms with Crippen molar-refractivity contribution >= 4 is 40.2 Å². The highest BCUT2D eigenvalue weighted by Gasteiger charge is 2.33. The number of ether oxygens (including phenoxy) is 1. The second-order valence-electron chi connectivity index (χ2n) is 12.2. The van der Waals surface area contributed by atoms with Gasteiger partial charge in [-0.3, -0.25) is 4.79 Å². The Hall–Kier alpha value is -4.12. The van der Waals surface area contributed by atoms with Crippen molar-refractivity contribution in [1.82, 2.24) is 24.8 Å². The number of likely N-dealkylation sites (tertiary alicyclic amines) is 1. The number of aromatic nitrogens is 3. The molecule has 246 valence electrons. The van der Waals surface area contributed by atoms with E-state index in [-0.39, 0.29) is 29.8 Å². The number of hydrogen-bond donors (Lipinski definition) is 1. The molecular formula is C34H39ClF3N5O3. The molecule has 0 aliphatic carbocycles. The van der Waals surface area contributed by atoms with Crippen LogP contribution in [-0.2, 0) is 17.5 Å². The Balaban J connectivity index is 1.59. The Morgan fingerprint density at radius 3 is 2.41 bits per heavy atom. The topological polar surface area (TPSA) is 89.4 Å². The zero-order chi connectivity index (χ0) is 33.6. The fourth-order valence-electron chi connectivity index (χ4n) is 5.24. The van der Waals surface area contributed by atoms with E-state index >= 15 is 0 Å². The summed E-state index contributed by atoms with van der Waals surface area (Å²) in [5.41, 5.74) is 0.680. The zero-order valence-electron chi connectivity index (χ0n) is 26.5. The van der Waals surface area contributed by atoms with Crippen LogP contribution >= 0.6 is 11.6 Å². The van der Waals surface area contributed by atoms with Crippen molar-refractivity contribution in [2.24, 2.45) is 5.92 Å². The summed E-state index contributed by atoms with van der Waals surface area (Å²) < 4.78 is 46.8. The SMILES string of the molecule is C=CC/C=C(Cl)\C(=C/CNC(=O)c1ccc(C(F)(F)F)nc1C)c1nc2ccccc2n1CC1CCN(C(=O)OC(C)(C)C)CC1. The number of nitrogens with one attached hydrogen (secondary N) is 1. The normalized spacial score (nSPS) is 15.3.